The van der Waals surface area contributed by atoms with E-state index in [4.69, 9.17) is 0 Å². The fraction of sp³-hybridized carbons (Fsp3) is 0.833. The second kappa shape index (κ2) is 6.00. The average molecular weight is 305 g/mol. The quantitative estimate of drug-likeness (QED) is 0.855. The van der Waals surface area contributed by atoms with Crippen molar-refractivity contribution >= 4 is 11.3 Å². The summed E-state index contributed by atoms with van der Waals surface area (Å²) in [5.74, 6) is 5.10. The molecule has 3 heteroatoms. The van der Waals surface area contributed by atoms with Crippen LogP contribution in [0.2, 0.25) is 0 Å². The molecule has 4 aliphatic rings. The molecule has 0 aliphatic heterocycles. The molecule has 0 amide bonds. The second-order valence-corrected chi connectivity index (χ2v) is 8.68. The van der Waals surface area contributed by atoms with Gasteiger partial charge < -0.3 is 5.32 Å². The maximum atomic E-state index is 4.56. The van der Waals surface area contributed by atoms with E-state index in [-0.39, 0.29) is 0 Å². The molecule has 116 valence electrons. The third-order valence-corrected chi connectivity index (χ3v) is 7.10. The van der Waals surface area contributed by atoms with E-state index in [1.807, 2.05) is 17.5 Å². The lowest BCUT2D eigenvalue weighted by molar-refractivity contribution is -0.0516. The van der Waals surface area contributed by atoms with E-state index in [9.17, 15) is 0 Å². The van der Waals surface area contributed by atoms with Crippen molar-refractivity contribution < 1.29 is 0 Å². The van der Waals surface area contributed by atoms with Crippen molar-refractivity contribution in [2.75, 3.05) is 6.54 Å². The van der Waals surface area contributed by atoms with Crippen LogP contribution >= 0.6 is 11.3 Å². The van der Waals surface area contributed by atoms with Crippen molar-refractivity contribution in [2.45, 2.75) is 57.9 Å². The Balaban J connectivity index is 1.52. The molecule has 4 aliphatic carbocycles. The lowest BCUT2D eigenvalue weighted by Gasteiger charge is -2.56. The van der Waals surface area contributed by atoms with Crippen molar-refractivity contribution in [3.05, 3.63) is 16.6 Å². The van der Waals surface area contributed by atoms with Crippen molar-refractivity contribution in [1.29, 1.82) is 0 Å². The molecule has 21 heavy (non-hydrogen) atoms. The summed E-state index contributed by atoms with van der Waals surface area (Å²) in [6.45, 7) is 3.45. The van der Waals surface area contributed by atoms with Gasteiger partial charge in [0, 0.05) is 24.0 Å². The number of rotatable bonds is 6. The maximum Gasteiger partial charge on any atom is 0.0940 e. The molecule has 1 atom stereocenters. The lowest BCUT2D eigenvalue weighted by Crippen LogP contribution is -2.53. The highest BCUT2D eigenvalue weighted by molar-refractivity contribution is 7.09. The third-order valence-electron chi connectivity index (χ3n) is 6.30. The Labute approximate surface area is 132 Å². The first-order valence-electron chi connectivity index (χ1n) is 8.95. The molecule has 1 aromatic heterocycles. The highest BCUT2D eigenvalue weighted by atomic mass is 32.1. The predicted molar refractivity (Wildman–Crippen MR) is 88.4 cm³/mol. The second-order valence-electron chi connectivity index (χ2n) is 7.70. The average Bonchev–Trinajstić information content (AvgIpc) is 2.96. The van der Waals surface area contributed by atoms with E-state index in [0.717, 1.165) is 36.0 Å². The van der Waals surface area contributed by atoms with Crippen LogP contribution in [0, 0.1) is 29.6 Å². The van der Waals surface area contributed by atoms with Gasteiger partial charge in [-0.2, -0.15) is 0 Å². The molecule has 1 heterocycles. The van der Waals surface area contributed by atoms with Gasteiger partial charge in [-0.1, -0.05) is 6.92 Å². The van der Waals surface area contributed by atoms with Gasteiger partial charge in [0.1, 0.15) is 0 Å². The summed E-state index contributed by atoms with van der Waals surface area (Å²) in [4.78, 5) is 4.56. The predicted octanol–water partition coefficient (Wildman–Crippen LogP) is 4.13. The molecule has 4 fully saturated rings. The molecule has 1 N–H and O–H groups in total. The summed E-state index contributed by atoms with van der Waals surface area (Å²) >= 11 is 1.83. The molecule has 5 rings (SSSR count). The molecule has 1 aromatic rings. The van der Waals surface area contributed by atoms with Gasteiger partial charge in [-0.05, 0) is 74.7 Å². The number of aromatic nitrogens is 1. The molecular formula is C18H28N2S. The Hall–Kier alpha value is -0.410. The Morgan fingerprint density at radius 2 is 1.90 bits per heavy atom. The highest BCUT2D eigenvalue weighted by Gasteiger charge is 2.50. The maximum absolute atomic E-state index is 4.56. The first-order valence-corrected chi connectivity index (χ1v) is 9.83. The minimum atomic E-state index is 0.672. The molecule has 4 saturated carbocycles. The Morgan fingerprint density at radius 1 is 1.19 bits per heavy atom. The summed E-state index contributed by atoms with van der Waals surface area (Å²) in [6.07, 6.45) is 12.0. The van der Waals surface area contributed by atoms with Gasteiger partial charge in [0.05, 0.1) is 5.01 Å². The molecule has 0 saturated heterocycles. The molecule has 1 unspecified atom stereocenters. The van der Waals surface area contributed by atoms with Crippen LogP contribution in [-0.2, 0) is 6.42 Å². The van der Waals surface area contributed by atoms with Gasteiger partial charge in [0.25, 0.3) is 0 Å². The van der Waals surface area contributed by atoms with Gasteiger partial charge in [0.15, 0.2) is 0 Å². The Morgan fingerprint density at radius 3 is 2.48 bits per heavy atom. The largest absolute Gasteiger partial charge is 0.313 e. The van der Waals surface area contributed by atoms with E-state index < -0.39 is 0 Å². The van der Waals surface area contributed by atoms with Gasteiger partial charge in [-0.25, -0.2) is 4.98 Å². The van der Waals surface area contributed by atoms with Gasteiger partial charge in [-0.3, -0.25) is 0 Å². The van der Waals surface area contributed by atoms with Crippen LogP contribution in [0.15, 0.2) is 11.6 Å². The molecular weight excluding hydrogens is 276 g/mol. The molecule has 0 spiro atoms. The van der Waals surface area contributed by atoms with E-state index in [1.54, 1.807) is 6.42 Å². The van der Waals surface area contributed by atoms with Crippen molar-refractivity contribution in [3.8, 4) is 0 Å². The first-order chi connectivity index (χ1) is 10.3. The number of hydrogen-bond donors (Lipinski definition) is 1. The van der Waals surface area contributed by atoms with Crippen LogP contribution < -0.4 is 5.32 Å². The molecule has 0 aromatic carbocycles. The molecule has 2 nitrogen and oxygen atoms in total. The van der Waals surface area contributed by atoms with E-state index in [2.05, 4.69) is 22.6 Å². The van der Waals surface area contributed by atoms with Crippen LogP contribution in [0.5, 0.6) is 0 Å². The standard InChI is InChI=1S/C18H28N2S/c1-2-3-19-16(11-17-20-4-5-21-17)18-14-7-12-6-13(9-14)10-15(18)8-12/h4-5,12-16,18-19H,2-3,6-11H2,1H3. The summed E-state index contributed by atoms with van der Waals surface area (Å²) < 4.78 is 0. The smallest absolute Gasteiger partial charge is 0.0940 e. The summed E-state index contributed by atoms with van der Waals surface area (Å²) in [5.41, 5.74) is 0. The normalized spacial score (nSPS) is 38.8. The minimum Gasteiger partial charge on any atom is -0.313 e. The topological polar surface area (TPSA) is 24.9 Å². The zero-order chi connectivity index (χ0) is 14.2. The lowest BCUT2D eigenvalue weighted by atomic mass is 9.50. The number of thiazole rings is 1. The summed E-state index contributed by atoms with van der Waals surface area (Å²) in [7, 11) is 0. The zero-order valence-electron chi connectivity index (χ0n) is 13.1. The SMILES string of the molecule is CCCNC(Cc1nccs1)C1C2CC3CC(C2)CC1C3. The first kappa shape index (κ1) is 14.2. The van der Waals surface area contributed by atoms with Crippen molar-refractivity contribution in [1.82, 2.24) is 10.3 Å². The number of nitrogens with one attached hydrogen (secondary N) is 1. The van der Waals surface area contributed by atoms with Gasteiger partial charge in [-0.15, -0.1) is 11.3 Å². The number of hydrogen-bond acceptors (Lipinski definition) is 3. The molecule has 4 bridgehead atoms. The van der Waals surface area contributed by atoms with E-state index >= 15 is 0 Å². The Bertz CT molecular complexity index is 428. The van der Waals surface area contributed by atoms with Crippen molar-refractivity contribution in [2.24, 2.45) is 29.6 Å². The number of nitrogens with zero attached hydrogens (tertiary/aromatic N) is 1. The van der Waals surface area contributed by atoms with Crippen LogP contribution in [0.25, 0.3) is 0 Å². The monoisotopic (exact) mass is 304 g/mol. The van der Waals surface area contributed by atoms with Crippen LogP contribution in [0.4, 0.5) is 0 Å². The van der Waals surface area contributed by atoms with Gasteiger partial charge in [0.2, 0.25) is 0 Å². The fourth-order valence-corrected chi connectivity index (χ4v) is 6.52. The highest BCUT2D eigenvalue weighted by Crippen LogP contribution is 2.57. The van der Waals surface area contributed by atoms with Crippen LogP contribution in [-0.4, -0.2) is 17.6 Å². The van der Waals surface area contributed by atoms with Gasteiger partial charge >= 0.3 is 0 Å². The summed E-state index contributed by atoms with van der Waals surface area (Å²) in [6, 6.07) is 0.672. The zero-order valence-corrected chi connectivity index (χ0v) is 13.9. The van der Waals surface area contributed by atoms with Crippen LogP contribution in [0.3, 0.4) is 0 Å². The van der Waals surface area contributed by atoms with E-state index in [1.165, 1.54) is 43.7 Å². The fourth-order valence-electron chi connectivity index (χ4n) is 5.84. The van der Waals surface area contributed by atoms with Crippen LogP contribution in [0.1, 0.15) is 50.5 Å². The third kappa shape index (κ3) is 2.79. The Kier molecular flexibility index (Phi) is 4.06. The summed E-state index contributed by atoms with van der Waals surface area (Å²) in [5, 5.41) is 7.36. The van der Waals surface area contributed by atoms with E-state index in [0.29, 0.717) is 6.04 Å². The molecule has 0 radical (unpaired) electrons. The van der Waals surface area contributed by atoms with Crippen molar-refractivity contribution in [3.63, 3.8) is 0 Å². The minimum absolute atomic E-state index is 0.672.